The van der Waals surface area contributed by atoms with E-state index in [0.717, 1.165) is 14.2 Å². The van der Waals surface area contributed by atoms with Crippen LogP contribution in [-0.2, 0) is 0 Å². The molecule has 9 heavy (non-hydrogen) atoms. The zero-order valence-corrected chi connectivity index (χ0v) is 6.89. The molecule has 0 heterocycles. The monoisotopic (exact) mass is 139 g/mol. The zero-order chi connectivity index (χ0) is 6.69. The molecular weight excluding hydrogens is 127 g/mol. The highest BCUT2D eigenvalue weighted by molar-refractivity contribution is 7.47. The molecule has 1 unspecified atom stereocenters. The van der Waals surface area contributed by atoms with Gasteiger partial charge in [-0.25, -0.2) is 6.07 Å². The third-order valence-electron chi connectivity index (χ3n) is 1.12. The van der Waals surface area contributed by atoms with Crippen molar-refractivity contribution in [2.24, 2.45) is 0 Å². The molecule has 1 rings (SSSR count). The predicted octanol–water partition coefficient (Wildman–Crippen LogP) is 2.12. The second kappa shape index (κ2) is 3.08. The molecule has 0 aliphatic carbocycles. The van der Waals surface area contributed by atoms with Crippen LogP contribution in [0.15, 0.2) is 24.3 Å². The summed E-state index contributed by atoms with van der Waals surface area (Å²) >= 11 is 0. The van der Waals surface area contributed by atoms with Crippen molar-refractivity contribution in [1.29, 1.82) is 0 Å². The second-order valence-electron chi connectivity index (χ2n) is 2.47. The lowest BCUT2D eigenvalue weighted by molar-refractivity contribution is 1.11. The van der Waals surface area contributed by atoms with Crippen LogP contribution in [0.25, 0.3) is 0 Å². The standard InChI is InChI=1S/C8H12P/c1-7(2)9-8-5-3-4-6-8/h3-7,9H,1-2H3/q-1. The Morgan fingerprint density at radius 1 is 1.56 bits per heavy atom. The maximum atomic E-state index is 2.26. The molecule has 50 valence electrons. The van der Waals surface area contributed by atoms with Gasteiger partial charge in [0.25, 0.3) is 0 Å². The van der Waals surface area contributed by atoms with Gasteiger partial charge in [0.1, 0.15) is 0 Å². The van der Waals surface area contributed by atoms with E-state index < -0.39 is 0 Å². The smallest absolute Gasteiger partial charge is 0.0368 e. The summed E-state index contributed by atoms with van der Waals surface area (Å²) in [6.45, 7) is 4.51. The molecule has 0 aliphatic heterocycles. The average Bonchev–Trinajstić information content (AvgIpc) is 2.15. The van der Waals surface area contributed by atoms with Gasteiger partial charge in [0.15, 0.2) is 0 Å². The maximum absolute atomic E-state index is 2.26. The van der Waals surface area contributed by atoms with E-state index in [0.29, 0.717) is 0 Å². The lowest BCUT2D eigenvalue weighted by atomic mass is 10.6. The van der Waals surface area contributed by atoms with E-state index in [2.05, 4.69) is 38.1 Å². The Bertz CT molecular complexity index is 151. The molecule has 0 spiro atoms. The van der Waals surface area contributed by atoms with Crippen molar-refractivity contribution in [3.63, 3.8) is 0 Å². The number of hydrogen-bond donors (Lipinski definition) is 0. The summed E-state index contributed by atoms with van der Waals surface area (Å²) in [7, 11) is 0.985. The van der Waals surface area contributed by atoms with Crippen LogP contribution in [0, 0.1) is 0 Å². The largest absolute Gasteiger partial charge is 0.206 e. The molecule has 0 radical (unpaired) electrons. The number of hydrogen-bond acceptors (Lipinski definition) is 0. The molecule has 1 atom stereocenters. The molecule has 1 heteroatoms. The van der Waals surface area contributed by atoms with Crippen molar-refractivity contribution in [3.8, 4) is 0 Å². The molecule has 1 aromatic carbocycles. The summed E-state index contributed by atoms with van der Waals surface area (Å²) in [6.07, 6.45) is 0. The average molecular weight is 139 g/mol. The van der Waals surface area contributed by atoms with Crippen LogP contribution in [0.3, 0.4) is 0 Å². The minimum absolute atomic E-state index is 0.812. The highest BCUT2D eigenvalue weighted by Crippen LogP contribution is 2.16. The Kier molecular flexibility index (Phi) is 2.36. The Hall–Kier alpha value is -0.220. The lowest BCUT2D eigenvalue weighted by Crippen LogP contribution is -1.93. The zero-order valence-electron chi connectivity index (χ0n) is 5.89. The normalized spacial score (nSPS) is 11.9. The van der Waals surface area contributed by atoms with Crippen molar-refractivity contribution >= 4 is 13.9 Å². The van der Waals surface area contributed by atoms with Gasteiger partial charge in [-0.05, 0) is 5.66 Å². The van der Waals surface area contributed by atoms with Crippen LogP contribution < -0.4 is 5.30 Å². The van der Waals surface area contributed by atoms with E-state index in [1.807, 2.05) is 0 Å². The molecule has 0 fully saturated rings. The van der Waals surface area contributed by atoms with Gasteiger partial charge in [-0.1, -0.05) is 13.8 Å². The highest BCUT2D eigenvalue weighted by atomic mass is 31.1. The van der Waals surface area contributed by atoms with Crippen molar-refractivity contribution in [2.45, 2.75) is 19.5 Å². The van der Waals surface area contributed by atoms with Crippen LogP contribution in [0.5, 0.6) is 0 Å². The minimum Gasteiger partial charge on any atom is -0.206 e. The van der Waals surface area contributed by atoms with Crippen molar-refractivity contribution in [3.05, 3.63) is 24.3 Å². The van der Waals surface area contributed by atoms with E-state index in [1.165, 1.54) is 5.30 Å². The van der Waals surface area contributed by atoms with Gasteiger partial charge in [-0.3, -0.25) is 0 Å². The van der Waals surface area contributed by atoms with Gasteiger partial charge in [0.05, 0.1) is 0 Å². The summed E-state index contributed by atoms with van der Waals surface area (Å²) in [5, 5.41) is 1.49. The van der Waals surface area contributed by atoms with Gasteiger partial charge >= 0.3 is 0 Å². The van der Waals surface area contributed by atoms with Gasteiger partial charge < -0.3 is 0 Å². The third-order valence-corrected chi connectivity index (χ3v) is 2.36. The Balaban J connectivity index is 2.48. The van der Waals surface area contributed by atoms with E-state index in [-0.39, 0.29) is 0 Å². The molecule has 0 N–H and O–H groups in total. The van der Waals surface area contributed by atoms with Crippen LogP contribution in [-0.4, -0.2) is 5.66 Å². The molecule has 0 saturated heterocycles. The molecule has 1 aromatic rings. The summed E-state index contributed by atoms with van der Waals surface area (Å²) in [5.74, 6) is 0. The molecule has 0 aliphatic rings. The SMILES string of the molecule is CC(C)Pc1cc[cH-]c1. The van der Waals surface area contributed by atoms with Gasteiger partial charge in [-0.15, -0.1) is 0 Å². The minimum atomic E-state index is 0.812. The fourth-order valence-electron chi connectivity index (χ4n) is 0.804. The Morgan fingerprint density at radius 3 is 2.78 bits per heavy atom. The molecular formula is C8H12P-. The quantitative estimate of drug-likeness (QED) is 0.435. The van der Waals surface area contributed by atoms with E-state index in [4.69, 9.17) is 0 Å². The van der Waals surface area contributed by atoms with Gasteiger partial charge in [0, 0.05) is 0 Å². The van der Waals surface area contributed by atoms with E-state index in [1.54, 1.807) is 0 Å². The van der Waals surface area contributed by atoms with Crippen molar-refractivity contribution in [1.82, 2.24) is 0 Å². The molecule has 0 nitrogen and oxygen atoms in total. The van der Waals surface area contributed by atoms with E-state index >= 15 is 0 Å². The first-order valence-electron chi connectivity index (χ1n) is 3.27. The fraction of sp³-hybridized carbons (Fsp3) is 0.375. The van der Waals surface area contributed by atoms with Crippen LogP contribution in [0.1, 0.15) is 13.8 Å². The summed E-state index contributed by atoms with van der Waals surface area (Å²) in [6, 6.07) is 8.59. The molecule has 0 aromatic heterocycles. The maximum Gasteiger partial charge on any atom is -0.0368 e. The molecule has 0 amide bonds. The van der Waals surface area contributed by atoms with Crippen LogP contribution in [0.4, 0.5) is 0 Å². The highest BCUT2D eigenvalue weighted by Gasteiger charge is 1.87. The van der Waals surface area contributed by atoms with Gasteiger partial charge in [0.2, 0.25) is 0 Å². The van der Waals surface area contributed by atoms with Crippen molar-refractivity contribution in [2.75, 3.05) is 0 Å². The summed E-state index contributed by atoms with van der Waals surface area (Å²) in [4.78, 5) is 0. The first-order chi connectivity index (χ1) is 4.29. The lowest BCUT2D eigenvalue weighted by Gasteiger charge is -2.06. The van der Waals surface area contributed by atoms with E-state index in [9.17, 15) is 0 Å². The first kappa shape index (κ1) is 6.89. The number of rotatable bonds is 2. The predicted molar refractivity (Wildman–Crippen MR) is 45.1 cm³/mol. The topological polar surface area (TPSA) is 0 Å². The Morgan fingerprint density at radius 2 is 2.33 bits per heavy atom. The fourth-order valence-corrected chi connectivity index (χ4v) is 1.86. The molecule has 0 bridgehead atoms. The molecule has 0 saturated carbocycles. The second-order valence-corrected chi connectivity index (χ2v) is 4.49. The Labute approximate surface area is 58.4 Å². The third kappa shape index (κ3) is 2.24. The van der Waals surface area contributed by atoms with Crippen LogP contribution >= 0.6 is 8.58 Å². The summed E-state index contributed by atoms with van der Waals surface area (Å²) < 4.78 is 0. The van der Waals surface area contributed by atoms with Gasteiger partial charge in [-0.2, -0.15) is 32.1 Å². The summed E-state index contributed by atoms with van der Waals surface area (Å²) in [5.41, 5.74) is 0.812. The van der Waals surface area contributed by atoms with Crippen LogP contribution in [0.2, 0.25) is 0 Å². The first-order valence-corrected chi connectivity index (χ1v) is 4.35. The van der Waals surface area contributed by atoms with Crippen molar-refractivity contribution < 1.29 is 0 Å².